The van der Waals surface area contributed by atoms with Crippen LogP contribution in [0.15, 0.2) is 23.0 Å². The molecule has 2 fully saturated rings. The smallest absolute Gasteiger partial charge is 0.317 e. The number of nitrogens with zero attached hydrogens (tertiary/aromatic N) is 6. The van der Waals surface area contributed by atoms with Crippen LogP contribution in [0.4, 0.5) is 10.7 Å². The molecule has 0 bridgehead atoms. The molecular formula is C15H19N7O2. The number of piperazine rings is 1. The highest BCUT2D eigenvalue weighted by Gasteiger charge is 2.29. The van der Waals surface area contributed by atoms with Crippen LogP contribution in [0.5, 0.6) is 0 Å². The lowest BCUT2D eigenvalue weighted by Gasteiger charge is -2.34. The van der Waals surface area contributed by atoms with Gasteiger partial charge in [-0.2, -0.15) is 4.98 Å². The van der Waals surface area contributed by atoms with E-state index in [1.165, 1.54) is 0 Å². The molecule has 0 atom stereocenters. The van der Waals surface area contributed by atoms with Gasteiger partial charge in [-0.1, -0.05) is 5.16 Å². The lowest BCUT2D eigenvalue weighted by Crippen LogP contribution is -2.52. The molecule has 0 unspecified atom stereocenters. The number of amides is 2. The van der Waals surface area contributed by atoms with Gasteiger partial charge < -0.3 is 19.6 Å². The first-order valence-corrected chi connectivity index (χ1v) is 8.17. The third kappa shape index (κ3) is 3.29. The van der Waals surface area contributed by atoms with Crippen molar-refractivity contribution in [3.05, 3.63) is 30.2 Å². The second-order valence-electron chi connectivity index (χ2n) is 6.00. The largest absolute Gasteiger partial charge is 0.337 e. The van der Waals surface area contributed by atoms with Crippen LogP contribution >= 0.6 is 0 Å². The van der Waals surface area contributed by atoms with Gasteiger partial charge in [0.1, 0.15) is 0 Å². The predicted molar refractivity (Wildman–Crippen MR) is 84.3 cm³/mol. The van der Waals surface area contributed by atoms with Crippen molar-refractivity contribution in [3.8, 4) is 0 Å². The quantitative estimate of drug-likeness (QED) is 0.884. The highest BCUT2D eigenvalue weighted by atomic mass is 16.5. The van der Waals surface area contributed by atoms with E-state index in [1.54, 1.807) is 23.4 Å². The Morgan fingerprint density at radius 1 is 1.21 bits per heavy atom. The van der Waals surface area contributed by atoms with Crippen LogP contribution in [0, 0.1) is 0 Å². The van der Waals surface area contributed by atoms with E-state index in [0.29, 0.717) is 43.9 Å². The summed E-state index contributed by atoms with van der Waals surface area (Å²) in [6.45, 7) is 2.94. The standard InChI is InChI=1S/C15H19N7O2/c23-15(18-10-12-19-13(20-24-12)11-2-3-11)22-8-6-21(7-9-22)14-16-4-1-5-17-14/h1,4-5,11H,2-3,6-10H2,(H,18,23). The number of carbonyl (C=O) groups is 1. The lowest BCUT2D eigenvalue weighted by molar-refractivity contribution is 0.192. The Kier molecular flexibility index (Phi) is 3.97. The molecule has 2 aromatic rings. The number of nitrogens with one attached hydrogen (secondary N) is 1. The molecule has 1 saturated heterocycles. The van der Waals surface area contributed by atoms with Crippen molar-refractivity contribution in [1.29, 1.82) is 0 Å². The summed E-state index contributed by atoms with van der Waals surface area (Å²) in [5, 5.41) is 6.78. The maximum absolute atomic E-state index is 12.2. The molecule has 9 nitrogen and oxygen atoms in total. The van der Waals surface area contributed by atoms with Crippen molar-refractivity contribution in [1.82, 2.24) is 30.3 Å². The summed E-state index contributed by atoms with van der Waals surface area (Å²) < 4.78 is 5.16. The number of aromatic nitrogens is 4. The molecule has 1 N–H and O–H groups in total. The number of hydrogen-bond acceptors (Lipinski definition) is 7. The summed E-state index contributed by atoms with van der Waals surface area (Å²) in [6.07, 6.45) is 5.70. The summed E-state index contributed by atoms with van der Waals surface area (Å²) in [7, 11) is 0. The minimum Gasteiger partial charge on any atom is -0.337 e. The normalized spacial score (nSPS) is 17.8. The van der Waals surface area contributed by atoms with Crippen LogP contribution < -0.4 is 10.2 Å². The molecule has 0 radical (unpaired) electrons. The molecular weight excluding hydrogens is 310 g/mol. The van der Waals surface area contributed by atoms with E-state index in [-0.39, 0.29) is 12.6 Å². The molecule has 1 aliphatic carbocycles. The number of anilines is 1. The van der Waals surface area contributed by atoms with Gasteiger partial charge >= 0.3 is 6.03 Å². The van der Waals surface area contributed by atoms with Crippen LogP contribution in [-0.4, -0.2) is 57.2 Å². The van der Waals surface area contributed by atoms with Crippen molar-refractivity contribution in [2.45, 2.75) is 25.3 Å². The zero-order chi connectivity index (χ0) is 16.4. The van der Waals surface area contributed by atoms with Crippen molar-refractivity contribution in [2.75, 3.05) is 31.1 Å². The Hall–Kier alpha value is -2.71. The first kappa shape index (κ1) is 14.9. The van der Waals surface area contributed by atoms with E-state index >= 15 is 0 Å². The molecule has 3 heterocycles. The summed E-state index contributed by atoms with van der Waals surface area (Å²) in [6, 6.07) is 1.68. The van der Waals surface area contributed by atoms with Crippen LogP contribution in [0.2, 0.25) is 0 Å². The first-order valence-electron chi connectivity index (χ1n) is 8.17. The molecule has 2 aliphatic rings. The van der Waals surface area contributed by atoms with Gasteiger partial charge in [-0.25, -0.2) is 14.8 Å². The Labute approximate surface area is 139 Å². The summed E-state index contributed by atoms with van der Waals surface area (Å²) in [5.41, 5.74) is 0. The van der Waals surface area contributed by atoms with E-state index in [2.05, 4.69) is 30.3 Å². The van der Waals surface area contributed by atoms with Gasteiger partial charge in [0.05, 0.1) is 6.54 Å². The fourth-order valence-electron chi connectivity index (χ4n) is 2.67. The van der Waals surface area contributed by atoms with Crippen molar-refractivity contribution < 1.29 is 9.32 Å². The van der Waals surface area contributed by atoms with Gasteiger partial charge in [-0.05, 0) is 18.9 Å². The average Bonchev–Trinajstić information content (AvgIpc) is 3.39. The third-order valence-electron chi connectivity index (χ3n) is 4.22. The van der Waals surface area contributed by atoms with Gasteiger partial charge in [0.2, 0.25) is 11.8 Å². The van der Waals surface area contributed by atoms with E-state index in [4.69, 9.17) is 4.52 Å². The molecule has 9 heteroatoms. The second kappa shape index (κ2) is 6.42. The van der Waals surface area contributed by atoms with E-state index in [1.807, 2.05) is 0 Å². The van der Waals surface area contributed by atoms with Gasteiger partial charge in [0.15, 0.2) is 5.82 Å². The van der Waals surface area contributed by atoms with E-state index in [0.717, 1.165) is 18.7 Å². The Balaban J connectivity index is 1.25. The maximum atomic E-state index is 12.2. The van der Waals surface area contributed by atoms with Crippen molar-refractivity contribution in [3.63, 3.8) is 0 Å². The number of urea groups is 1. The zero-order valence-electron chi connectivity index (χ0n) is 13.3. The average molecular weight is 329 g/mol. The fourth-order valence-corrected chi connectivity index (χ4v) is 2.67. The number of hydrogen-bond donors (Lipinski definition) is 1. The van der Waals surface area contributed by atoms with Gasteiger partial charge in [-0.15, -0.1) is 0 Å². The zero-order valence-corrected chi connectivity index (χ0v) is 13.3. The second-order valence-corrected chi connectivity index (χ2v) is 6.00. The number of rotatable bonds is 4. The minimum atomic E-state index is -0.116. The highest BCUT2D eigenvalue weighted by molar-refractivity contribution is 5.74. The molecule has 24 heavy (non-hydrogen) atoms. The molecule has 0 spiro atoms. The molecule has 2 amide bonds. The molecule has 126 valence electrons. The summed E-state index contributed by atoms with van der Waals surface area (Å²) in [4.78, 5) is 28.9. The molecule has 2 aromatic heterocycles. The fraction of sp³-hybridized carbons (Fsp3) is 0.533. The van der Waals surface area contributed by atoms with Gasteiger partial charge in [0, 0.05) is 44.5 Å². The predicted octanol–water partition coefficient (Wildman–Crippen LogP) is 0.769. The van der Waals surface area contributed by atoms with Crippen molar-refractivity contribution >= 4 is 12.0 Å². The minimum absolute atomic E-state index is 0.116. The Morgan fingerprint density at radius 2 is 1.96 bits per heavy atom. The SMILES string of the molecule is O=C(NCc1nc(C2CC2)no1)N1CCN(c2ncccn2)CC1. The van der Waals surface area contributed by atoms with E-state index in [9.17, 15) is 4.79 Å². The first-order chi connectivity index (χ1) is 11.8. The summed E-state index contributed by atoms with van der Waals surface area (Å²) in [5.74, 6) is 2.37. The van der Waals surface area contributed by atoms with Gasteiger partial charge in [0.25, 0.3) is 0 Å². The van der Waals surface area contributed by atoms with Crippen molar-refractivity contribution in [2.24, 2.45) is 0 Å². The topological polar surface area (TPSA) is 100 Å². The molecule has 0 aromatic carbocycles. The van der Waals surface area contributed by atoms with Crippen LogP contribution in [-0.2, 0) is 6.54 Å². The maximum Gasteiger partial charge on any atom is 0.317 e. The Bertz CT molecular complexity index is 693. The molecule has 1 aliphatic heterocycles. The highest BCUT2D eigenvalue weighted by Crippen LogP contribution is 2.38. The monoisotopic (exact) mass is 329 g/mol. The van der Waals surface area contributed by atoms with Crippen LogP contribution in [0.25, 0.3) is 0 Å². The summed E-state index contributed by atoms with van der Waals surface area (Å²) >= 11 is 0. The van der Waals surface area contributed by atoms with Gasteiger partial charge in [-0.3, -0.25) is 0 Å². The van der Waals surface area contributed by atoms with E-state index < -0.39 is 0 Å². The molecule has 1 saturated carbocycles. The van der Waals surface area contributed by atoms with Crippen LogP contribution in [0.3, 0.4) is 0 Å². The third-order valence-corrected chi connectivity index (χ3v) is 4.22. The van der Waals surface area contributed by atoms with Crippen LogP contribution in [0.1, 0.15) is 30.5 Å². The lowest BCUT2D eigenvalue weighted by atomic mass is 10.3. The Morgan fingerprint density at radius 3 is 2.67 bits per heavy atom. The number of carbonyl (C=O) groups excluding carboxylic acids is 1. The molecule has 4 rings (SSSR count).